The van der Waals surface area contributed by atoms with Crippen molar-refractivity contribution in [1.82, 2.24) is 4.90 Å². The third-order valence-electron chi connectivity index (χ3n) is 2.60. The zero-order valence-corrected chi connectivity index (χ0v) is 11.0. The molecule has 0 heterocycles. The molecule has 0 radical (unpaired) electrons. The van der Waals surface area contributed by atoms with E-state index in [0.29, 0.717) is 24.6 Å². The van der Waals surface area contributed by atoms with Gasteiger partial charge in [-0.3, -0.25) is 0 Å². The van der Waals surface area contributed by atoms with Gasteiger partial charge in [-0.1, -0.05) is 26.0 Å². The summed E-state index contributed by atoms with van der Waals surface area (Å²) >= 11 is 0. The fraction of sp³-hybridized carbons (Fsp3) is 0.429. The molecule has 0 aromatic heterocycles. The maximum absolute atomic E-state index is 11.7. The van der Waals surface area contributed by atoms with Gasteiger partial charge in [-0.2, -0.15) is 5.26 Å². The number of amides is 1. The van der Waals surface area contributed by atoms with Crippen LogP contribution in [-0.2, 0) is 0 Å². The Labute approximate surface area is 108 Å². The zero-order valence-electron chi connectivity index (χ0n) is 11.0. The predicted molar refractivity (Wildman–Crippen MR) is 69.4 cm³/mol. The quantitative estimate of drug-likeness (QED) is 0.820. The van der Waals surface area contributed by atoms with E-state index >= 15 is 0 Å². The van der Waals surface area contributed by atoms with Crippen molar-refractivity contribution in [1.29, 1.82) is 5.26 Å². The lowest BCUT2D eigenvalue weighted by atomic mass is 10.0. The molecule has 1 rings (SSSR count). The maximum Gasteiger partial charge on any atom is 0.414 e. The molecule has 1 amide bonds. The van der Waals surface area contributed by atoms with E-state index in [0.717, 1.165) is 5.56 Å². The van der Waals surface area contributed by atoms with Gasteiger partial charge >= 0.3 is 6.09 Å². The lowest BCUT2D eigenvalue weighted by Crippen LogP contribution is -2.30. The van der Waals surface area contributed by atoms with Crippen LogP contribution in [0, 0.1) is 11.3 Å². The summed E-state index contributed by atoms with van der Waals surface area (Å²) in [6.07, 6.45) is -0.136. The zero-order chi connectivity index (χ0) is 13.5. The van der Waals surface area contributed by atoms with Crippen molar-refractivity contribution in [3.63, 3.8) is 0 Å². The summed E-state index contributed by atoms with van der Waals surface area (Å²) in [4.78, 5) is 13.1. The Morgan fingerprint density at radius 2 is 2.22 bits per heavy atom. The molecular formula is C14H18N2O2. The molecule has 0 bridgehead atoms. The monoisotopic (exact) mass is 246 g/mol. The van der Waals surface area contributed by atoms with E-state index in [-0.39, 0.29) is 0 Å². The summed E-state index contributed by atoms with van der Waals surface area (Å²) < 4.78 is 5.24. The van der Waals surface area contributed by atoms with Crippen LogP contribution in [0.1, 0.15) is 31.7 Å². The summed E-state index contributed by atoms with van der Waals surface area (Å²) in [5, 5.41) is 8.46. The molecule has 0 aliphatic heterocycles. The van der Waals surface area contributed by atoms with E-state index in [2.05, 4.69) is 13.8 Å². The smallest absolute Gasteiger partial charge is 0.410 e. The first-order valence-corrected chi connectivity index (χ1v) is 5.94. The molecule has 0 fully saturated rings. The highest BCUT2D eigenvalue weighted by Crippen LogP contribution is 2.20. The fourth-order valence-corrected chi connectivity index (χ4v) is 1.42. The van der Waals surface area contributed by atoms with Gasteiger partial charge < -0.3 is 9.64 Å². The lowest BCUT2D eigenvalue weighted by Gasteiger charge is -2.15. The van der Waals surface area contributed by atoms with E-state index in [1.165, 1.54) is 4.90 Å². The van der Waals surface area contributed by atoms with Gasteiger partial charge in [0, 0.05) is 13.6 Å². The second-order valence-electron chi connectivity index (χ2n) is 4.42. The van der Waals surface area contributed by atoms with Gasteiger partial charge in [-0.25, -0.2) is 4.79 Å². The highest BCUT2D eigenvalue weighted by atomic mass is 16.6. The third kappa shape index (κ3) is 4.10. The minimum Gasteiger partial charge on any atom is -0.410 e. The Morgan fingerprint density at radius 3 is 2.83 bits per heavy atom. The van der Waals surface area contributed by atoms with Gasteiger partial charge in [-0.05, 0) is 23.6 Å². The molecule has 0 saturated heterocycles. The largest absolute Gasteiger partial charge is 0.414 e. The highest BCUT2D eigenvalue weighted by Gasteiger charge is 2.11. The number of hydrogen-bond donors (Lipinski definition) is 0. The van der Waals surface area contributed by atoms with Crippen molar-refractivity contribution in [2.45, 2.75) is 26.2 Å². The topological polar surface area (TPSA) is 53.3 Å². The molecule has 0 aliphatic rings. The first-order chi connectivity index (χ1) is 8.54. The Bertz CT molecular complexity index is 449. The number of nitrogens with zero attached hydrogens (tertiary/aromatic N) is 2. The summed E-state index contributed by atoms with van der Waals surface area (Å²) in [5.74, 6) is 0.926. The summed E-state index contributed by atoms with van der Waals surface area (Å²) in [6.45, 7) is 4.54. The molecule has 1 aromatic carbocycles. The van der Waals surface area contributed by atoms with Gasteiger partial charge in [-0.15, -0.1) is 0 Å². The van der Waals surface area contributed by atoms with Crippen molar-refractivity contribution < 1.29 is 9.53 Å². The molecule has 18 heavy (non-hydrogen) atoms. The van der Waals surface area contributed by atoms with E-state index in [1.54, 1.807) is 13.1 Å². The molecule has 4 nitrogen and oxygen atoms in total. The SMILES string of the molecule is CC(C)c1cccc(OC(=O)N(C)CCC#N)c1. The number of ether oxygens (including phenoxy) is 1. The Morgan fingerprint density at radius 1 is 1.50 bits per heavy atom. The summed E-state index contributed by atoms with van der Waals surface area (Å²) in [7, 11) is 1.62. The molecule has 0 atom stereocenters. The number of carbonyl (C=O) groups is 1. The molecule has 4 heteroatoms. The van der Waals surface area contributed by atoms with Crippen molar-refractivity contribution in [3.8, 4) is 11.8 Å². The van der Waals surface area contributed by atoms with Gasteiger partial charge in [0.05, 0.1) is 12.5 Å². The van der Waals surface area contributed by atoms with Crippen LogP contribution in [0.15, 0.2) is 24.3 Å². The lowest BCUT2D eigenvalue weighted by molar-refractivity contribution is 0.164. The first kappa shape index (κ1) is 14.0. The van der Waals surface area contributed by atoms with Crippen LogP contribution in [0.25, 0.3) is 0 Å². The van der Waals surface area contributed by atoms with Crippen LogP contribution in [0.4, 0.5) is 4.79 Å². The molecule has 0 aliphatic carbocycles. The fourth-order valence-electron chi connectivity index (χ4n) is 1.42. The minimum atomic E-state index is -0.439. The number of carbonyl (C=O) groups excluding carboxylic acids is 1. The average molecular weight is 246 g/mol. The molecular weight excluding hydrogens is 228 g/mol. The Hall–Kier alpha value is -2.02. The highest BCUT2D eigenvalue weighted by molar-refractivity contribution is 5.70. The first-order valence-electron chi connectivity index (χ1n) is 5.94. The van der Waals surface area contributed by atoms with Crippen molar-refractivity contribution in [2.24, 2.45) is 0 Å². The van der Waals surface area contributed by atoms with Gasteiger partial charge in [0.2, 0.25) is 0 Å². The molecule has 0 saturated carbocycles. The molecule has 0 spiro atoms. The maximum atomic E-state index is 11.7. The van der Waals surface area contributed by atoms with Crippen LogP contribution in [0.2, 0.25) is 0 Å². The van der Waals surface area contributed by atoms with E-state index in [1.807, 2.05) is 24.3 Å². The van der Waals surface area contributed by atoms with Crippen LogP contribution in [-0.4, -0.2) is 24.6 Å². The number of nitriles is 1. The van der Waals surface area contributed by atoms with Crippen LogP contribution < -0.4 is 4.74 Å². The summed E-state index contributed by atoms with van der Waals surface area (Å²) in [6, 6.07) is 9.48. The number of rotatable bonds is 4. The standard InChI is InChI=1S/C14H18N2O2/c1-11(2)12-6-4-7-13(10-12)18-14(17)16(3)9-5-8-15/h4,6-7,10-11H,5,9H2,1-3H3. The van der Waals surface area contributed by atoms with E-state index in [4.69, 9.17) is 10.00 Å². The number of hydrogen-bond acceptors (Lipinski definition) is 3. The van der Waals surface area contributed by atoms with Crippen LogP contribution in [0.3, 0.4) is 0 Å². The molecule has 96 valence electrons. The number of benzene rings is 1. The van der Waals surface area contributed by atoms with Crippen molar-refractivity contribution >= 4 is 6.09 Å². The molecule has 0 N–H and O–H groups in total. The van der Waals surface area contributed by atoms with Crippen LogP contribution in [0.5, 0.6) is 5.75 Å². The van der Waals surface area contributed by atoms with Gasteiger partial charge in [0.15, 0.2) is 0 Å². The molecule has 0 unspecified atom stereocenters. The van der Waals surface area contributed by atoms with Crippen molar-refractivity contribution in [2.75, 3.05) is 13.6 Å². The summed E-state index contributed by atoms with van der Waals surface area (Å²) in [5.41, 5.74) is 1.12. The normalized spacial score (nSPS) is 9.94. The van der Waals surface area contributed by atoms with E-state index in [9.17, 15) is 4.79 Å². The Kier molecular flexibility index (Phi) is 5.19. The molecule has 1 aromatic rings. The van der Waals surface area contributed by atoms with Crippen LogP contribution >= 0.6 is 0 Å². The van der Waals surface area contributed by atoms with Gasteiger partial charge in [0.1, 0.15) is 5.75 Å². The van der Waals surface area contributed by atoms with Crippen molar-refractivity contribution in [3.05, 3.63) is 29.8 Å². The van der Waals surface area contributed by atoms with Gasteiger partial charge in [0.25, 0.3) is 0 Å². The minimum absolute atomic E-state index is 0.303. The third-order valence-corrected chi connectivity index (χ3v) is 2.60. The second kappa shape index (κ2) is 6.65. The predicted octanol–water partition coefficient (Wildman–Crippen LogP) is 3.15. The Balaban J connectivity index is 2.64. The second-order valence-corrected chi connectivity index (χ2v) is 4.42. The van der Waals surface area contributed by atoms with E-state index < -0.39 is 6.09 Å². The average Bonchev–Trinajstić information content (AvgIpc) is 2.36.